The first-order valence-electron chi connectivity index (χ1n) is 7.26. The Bertz CT molecular complexity index is 1070. The molecule has 0 amide bonds. The molecule has 0 radical (unpaired) electrons. The zero-order chi connectivity index (χ0) is 16.7. The Hall–Kier alpha value is -2.90. The van der Waals surface area contributed by atoms with E-state index in [1.165, 1.54) is 17.5 Å². The van der Waals surface area contributed by atoms with E-state index in [0.717, 1.165) is 15.8 Å². The highest BCUT2D eigenvalue weighted by Crippen LogP contribution is 2.33. The fraction of sp³-hybridized carbons (Fsp3) is 0.0588. The number of rotatable bonds is 4. The van der Waals surface area contributed by atoms with E-state index in [1.807, 2.05) is 42.5 Å². The molecule has 0 aliphatic rings. The number of carboxylic acids is 1. The van der Waals surface area contributed by atoms with Crippen LogP contribution in [-0.4, -0.2) is 20.5 Å². The molecule has 0 saturated heterocycles. The molecule has 0 bridgehead atoms. The molecule has 2 heterocycles. The molecule has 0 aliphatic carbocycles. The number of para-hydroxylation sites is 1. The van der Waals surface area contributed by atoms with Crippen LogP contribution >= 0.6 is 11.3 Å². The van der Waals surface area contributed by atoms with E-state index in [2.05, 4.69) is 4.98 Å². The summed E-state index contributed by atoms with van der Waals surface area (Å²) in [5, 5.41) is 9.26. The quantitative estimate of drug-likeness (QED) is 0.594. The van der Waals surface area contributed by atoms with Crippen LogP contribution in [0.4, 0.5) is 0 Å². The third-order valence-corrected chi connectivity index (χ3v) is 4.76. The fourth-order valence-corrected chi connectivity index (χ4v) is 3.64. The molecular weight excluding hydrogens is 326 g/mol. The highest BCUT2D eigenvalue weighted by molar-refractivity contribution is 7.23. The number of fused-ring (bicyclic) bond motifs is 3. The van der Waals surface area contributed by atoms with Crippen molar-refractivity contribution in [2.45, 2.75) is 6.54 Å². The van der Waals surface area contributed by atoms with Crippen LogP contribution in [0.5, 0.6) is 11.5 Å². The molecule has 0 saturated carbocycles. The van der Waals surface area contributed by atoms with E-state index >= 15 is 0 Å². The Morgan fingerprint density at radius 2 is 2.12 bits per heavy atom. The molecule has 0 atom stereocenters. The molecule has 4 rings (SSSR count). The van der Waals surface area contributed by atoms with Crippen molar-refractivity contribution in [3.63, 3.8) is 0 Å². The van der Waals surface area contributed by atoms with Gasteiger partial charge in [0, 0.05) is 18.2 Å². The second-order valence-electron chi connectivity index (χ2n) is 5.21. The Kier molecular flexibility index (Phi) is 3.44. The van der Waals surface area contributed by atoms with Gasteiger partial charge in [-0.3, -0.25) is 4.40 Å². The summed E-state index contributed by atoms with van der Waals surface area (Å²) in [6, 6.07) is 13.1. The number of nitrogens with zero attached hydrogens (tertiary/aromatic N) is 2. The lowest BCUT2D eigenvalue weighted by Gasteiger charge is -2.09. The van der Waals surface area contributed by atoms with Gasteiger partial charge in [0.25, 0.3) is 0 Å². The summed E-state index contributed by atoms with van der Waals surface area (Å²) in [4.78, 5) is 16.1. The second kappa shape index (κ2) is 5.63. The Labute approximate surface area is 140 Å². The van der Waals surface area contributed by atoms with Gasteiger partial charge in [0.1, 0.15) is 11.5 Å². The number of carbonyl (C=O) groups is 1. The van der Waals surface area contributed by atoms with Crippen molar-refractivity contribution in [2.24, 2.45) is 5.73 Å². The number of aromatic carboxylic acids is 1. The molecule has 2 aromatic heterocycles. The lowest BCUT2D eigenvalue weighted by molar-refractivity contribution is 0.0690. The molecule has 7 heteroatoms. The standard InChI is InChI=1S/C17H13N3O3S/c18-8-10-3-1-2-4-14(10)23-11-5-6-12-15(7-11)24-17-19-9-13(16(21)22)20(12)17/h1-7,9H,8,18H2,(H,21,22). The van der Waals surface area contributed by atoms with Gasteiger partial charge < -0.3 is 15.6 Å². The molecule has 0 fully saturated rings. The minimum atomic E-state index is -1.00. The molecule has 4 aromatic rings. The summed E-state index contributed by atoms with van der Waals surface area (Å²) >= 11 is 1.42. The van der Waals surface area contributed by atoms with Gasteiger partial charge in [-0.15, -0.1) is 0 Å². The molecule has 24 heavy (non-hydrogen) atoms. The highest BCUT2D eigenvalue weighted by atomic mass is 32.1. The Morgan fingerprint density at radius 1 is 1.29 bits per heavy atom. The Morgan fingerprint density at radius 3 is 2.92 bits per heavy atom. The smallest absolute Gasteiger partial charge is 0.354 e. The van der Waals surface area contributed by atoms with Gasteiger partial charge in [0.2, 0.25) is 0 Å². The van der Waals surface area contributed by atoms with E-state index in [4.69, 9.17) is 10.5 Å². The number of hydrogen-bond donors (Lipinski definition) is 2. The summed E-state index contributed by atoms with van der Waals surface area (Å²) in [7, 11) is 0. The van der Waals surface area contributed by atoms with Crippen LogP contribution in [0.2, 0.25) is 0 Å². The first-order valence-corrected chi connectivity index (χ1v) is 8.08. The first kappa shape index (κ1) is 14.7. The van der Waals surface area contributed by atoms with Crippen LogP contribution < -0.4 is 10.5 Å². The number of carboxylic acid groups (broad SMARTS) is 1. The third-order valence-electron chi connectivity index (χ3n) is 3.74. The van der Waals surface area contributed by atoms with E-state index in [1.54, 1.807) is 4.40 Å². The van der Waals surface area contributed by atoms with Crippen molar-refractivity contribution in [3.8, 4) is 11.5 Å². The number of ether oxygens (including phenoxy) is 1. The molecule has 0 unspecified atom stereocenters. The first-order chi connectivity index (χ1) is 11.7. The molecule has 120 valence electrons. The fourth-order valence-electron chi connectivity index (χ4n) is 2.61. The zero-order valence-corrected chi connectivity index (χ0v) is 13.3. The minimum absolute atomic E-state index is 0.151. The van der Waals surface area contributed by atoms with E-state index < -0.39 is 5.97 Å². The van der Waals surface area contributed by atoms with Gasteiger partial charge in [-0.05, 0) is 18.2 Å². The maximum absolute atomic E-state index is 11.3. The van der Waals surface area contributed by atoms with E-state index in [0.29, 0.717) is 23.0 Å². The van der Waals surface area contributed by atoms with Crippen molar-refractivity contribution in [1.82, 2.24) is 9.38 Å². The topological polar surface area (TPSA) is 89.9 Å². The predicted octanol–water partition coefficient (Wildman–Crippen LogP) is 3.50. The molecule has 6 nitrogen and oxygen atoms in total. The van der Waals surface area contributed by atoms with Crippen LogP contribution in [0.25, 0.3) is 15.2 Å². The second-order valence-corrected chi connectivity index (χ2v) is 6.22. The maximum Gasteiger partial charge on any atom is 0.354 e. The normalized spacial score (nSPS) is 11.2. The highest BCUT2D eigenvalue weighted by Gasteiger charge is 2.16. The maximum atomic E-state index is 11.3. The Balaban J connectivity index is 1.79. The molecule has 0 aliphatic heterocycles. The average molecular weight is 339 g/mol. The van der Waals surface area contributed by atoms with Gasteiger partial charge in [-0.2, -0.15) is 0 Å². The summed E-state index contributed by atoms with van der Waals surface area (Å²) in [6.07, 6.45) is 1.37. The monoisotopic (exact) mass is 339 g/mol. The number of aromatic nitrogens is 2. The van der Waals surface area contributed by atoms with Crippen LogP contribution in [0, 0.1) is 0 Å². The van der Waals surface area contributed by atoms with Crippen LogP contribution in [0.3, 0.4) is 0 Å². The van der Waals surface area contributed by atoms with Gasteiger partial charge in [-0.25, -0.2) is 9.78 Å². The number of benzene rings is 2. The SMILES string of the molecule is NCc1ccccc1Oc1ccc2c(c1)sc1ncc(C(=O)O)n12. The van der Waals surface area contributed by atoms with Crippen molar-refractivity contribution < 1.29 is 14.6 Å². The molecular formula is C17H13N3O3S. The molecule has 3 N–H and O–H groups in total. The summed E-state index contributed by atoms with van der Waals surface area (Å²) in [6.45, 7) is 0.396. The van der Waals surface area contributed by atoms with Gasteiger partial charge in [-0.1, -0.05) is 29.5 Å². The number of nitrogens with two attached hydrogens (primary N) is 1. The van der Waals surface area contributed by atoms with Crippen LogP contribution in [0.15, 0.2) is 48.7 Å². The number of imidazole rings is 1. The van der Waals surface area contributed by atoms with Crippen molar-refractivity contribution >= 4 is 32.5 Å². The van der Waals surface area contributed by atoms with Gasteiger partial charge >= 0.3 is 5.97 Å². The minimum Gasteiger partial charge on any atom is -0.477 e. The zero-order valence-electron chi connectivity index (χ0n) is 12.5. The lowest BCUT2D eigenvalue weighted by atomic mass is 10.2. The number of hydrogen-bond acceptors (Lipinski definition) is 5. The van der Waals surface area contributed by atoms with Crippen molar-refractivity contribution in [1.29, 1.82) is 0 Å². The summed E-state index contributed by atoms with van der Waals surface area (Å²) in [5.41, 5.74) is 7.60. The van der Waals surface area contributed by atoms with Crippen LogP contribution in [-0.2, 0) is 6.54 Å². The van der Waals surface area contributed by atoms with Gasteiger partial charge in [0.15, 0.2) is 10.7 Å². The van der Waals surface area contributed by atoms with Gasteiger partial charge in [0.05, 0.1) is 16.4 Å². The van der Waals surface area contributed by atoms with E-state index in [9.17, 15) is 9.90 Å². The summed E-state index contributed by atoms with van der Waals surface area (Å²) < 4.78 is 8.48. The van der Waals surface area contributed by atoms with E-state index in [-0.39, 0.29) is 5.69 Å². The molecule has 0 spiro atoms. The van der Waals surface area contributed by atoms with Crippen molar-refractivity contribution in [3.05, 3.63) is 59.9 Å². The largest absolute Gasteiger partial charge is 0.477 e. The van der Waals surface area contributed by atoms with Crippen LogP contribution in [0.1, 0.15) is 16.1 Å². The predicted molar refractivity (Wildman–Crippen MR) is 91.9 cm³/mol. The molecule has 2 aromatic carbocycles. The summed E-state index contributed by atoms with van der Waals surface area (Å²) in [5.74, 6) is 0.385. The average Bonchev–Trinajstić information content (AvgIpc) is 3.13. The van der Waals surface area contributed by atoms with Crippen molar-refractivity contribution in [2.75, 3.05) is 0 Å². The number of thiazole rings is 1. The lowest BCUT2D eigenvalue weighted by Crippen LogP contribution is -2.00. The third kappa shape index (κ3) is 2.31.